The number of amides is 1. The Morgan fingerprint density at radius 3 is 2.29 bits per heavy atom. The van der Waals surface area contributed by atoms with E-state index >= 15 is 0 Å². The van der Waals surface area contributed by atoms with E-state index in [1.54, 1.807) is 11.8 Å². The molecule has 1 saturated heterocycles. The third-order valence-electron chi connectivity index (χ3n) is 6.88. The third kappa shape index (κ3) is 4.50. The monoisotopic (exact) mass is 405 g/mol. The minimum absolute atomic E-state index is 0.225. The molecule has 2 aliphatic carbocycles. The number of thioether (sulfide) groups is 1. The van der Waals surface area contributed by atoms with Crippen molar-refractivity contribution in [2.45, 2.75) is 82.5 Å². The fraction of sp³-hybridized carbons (Fsp3) is 0.857. The van der Waals surface area contributed by atoms with Crippen molar-refractivity contribution >= 4 is 23.6 Å². The summed E-state index contributed by atoms with van der Waals surface area (Å²) in [5, 5.41) is 9.96. The van der Waals surface area contributed by atoms with Crippen molar-refractivity contribution in [1.82, 2.24) is 19.7 Å². The third-order valence-corrected chi connectivity index (χ3v) is 7.80. The van der Waals surface area contributed by atoms with Crippen LogP contribution in [0.25, 0.3) is 0 Å². The van der Waals surface area contributed by atoms with Crippen LogP contribution < -0.4 is 4.90 Å². The molecule has 3 aliphatic rings. The van der Waals surface area contributed by atoms with Crippen molar-refractivity contribution in [1.29, 1.82) is 0 Å². The summed E-state index contributed by atoms with van der Waals surface area (Å²) in [4.78, 5) is 17.2. The molecule has 4 rings (SSSR count). The predicted octanol–water partition coefficient (Wildman–Crippen LogP) is 3.98. The first kappa shape index (κ1) is 20.0. The highest BCUT2D eigenvalue weighted by atomic mass is 32.2. The smallest absolute Gasteiger partial charge is 0.233 e. The Balaban J connectivity index is 1.37. The molecular formula is C21H35N5OS. The Morgan fingerprint density at radius 2 is 1.64 bits per heavy atom. The van der Waals surface area contributed by atoms with Crippen molar-refractivity contribution < 1.29 is 4.79 Å². The van der Waals surface area contributed by atoms with Gasteiger partial charge in [0.2, 0.25) is 11.9 Å². The number of nitrogens with zero attached hydrogens (tertiary/aromatic N) is 5. The van der Waals surface area contributed by atoms with E-state index in [0.29, 0.717) is 17.8 Å². The number of hydrogen-bond acceptors (Lipinski definition) is 5. The zero-order valence-electron chi connectivity index (χ0n) is 17.6. The van der Waals surface area contributed by atoms with Gasteiger partial charge in [-0.1, -0.05) is 25.6 Å². The number of hydrogen-bond donors (Lipinski definition) is 0. The van der Waals surface area contributed by atoms with E-state index in [9.17, 15) is 4.79 Å². The molecule has 28 heavy (non-hydrogen) atoms. The first-order valence-corrected chi connectivity index (χ1v) is 12.1. The summed E-state index contributed by atoms with van der Waals surface area (Å²) in [6.07, 6.45) is 9.63. The van der Waals surface area contributed by atoms with Gasteiger partial charge in [0.1, 0.15) is 0 Å². The van der Waals surface area contributed by atoms with E-state index in [2.05, 4.69) is 33.5 Å². The van der Waals surface area contributed by atoms with E-state index in [-0.39, 0.29) is 5.91 Å². The number of aromatic nitrogens is 3. The number of anilines is 1. The molecule has 0 aromatic carbocycles. The summed E-state index contributed by atoms with van der Waals surface area (Å²) >= 11 is 1.57. The molecule has 0 N–H and O–H groups in total. The topological polar surface area (TPSA) is 54.3 Å². The lowest BCUT2D eigenvalue weighted by atomic mass is 9.87. The van der Waals surface area contributed by atoms with Gasteiger partial charge in [-0.05, 0) is 63.2 Å². The van der Waals surface area contributed by atoms with Gasteiger partial charge in [-0.3, -0.25) is 9.36 Å². The molecule has 2 saturated carbocycles. The highest BCUT2D eigenvalue weighted by molar-refractivity contribution is 7.99. The molecule has 0 atom stereocenters. The van der Waals surface area contributed by atoms with Crippen molar-refractivity contribution in [3.8, 4) is 0 Å². The van der Waals surface area contributed by atoms with Crippen LogP contribution in [0.4, 0.5) is 5.95 Å². The molecule has 1 aromatic rings. The minimum Gasteiger partial charge on any atom is -0.342 e. The Labute approximate surface area is 173 Å². The highest BCUT2D eigenvalue weighted by Gasteiger charge is 2.33. The van der Waals surface area contributed by atoms with Gasteiger partial charge in [-0.15, -0.1) is 10.2 Å². The predicted molar refractivity (Wildman–Crippen MR) is 114 cm³/mol. The van der Waals surface area contributed by atoms with Crippen LogP contribution in [0, 0.1) is 11.8 Å². The Morgan fingerprint density at radius 1 is 1.00 bits per heavy atom. The second-order valence-electron chi connectivity index (χ2n) is 9.26. The Kier molecular flexibility index (Phi) is 6.18. The molecule has 6 nitrogen and oxygen atoms in total. The largest absolute Gasteiger partial charge is 0.342 e. The SMILES string of the molecule is CC1CCC(N(C)C(=O)CSc2nnc(N3CCC(C)CC3)n2C2CC2)CC1. The second kappa shape index (κ2) is 8.64. The van der Waals surface area contributed by atoms with Gasteiger partial charge < -0.3 is 9.80 Å². The maximum Gasteiger partial charge on any atom is 0.233 e. The fourth-order valence-electron chi connectivity index (χ4n) is 4.51. The Bertz CT molecular complexity index is 672. The maximum atomic E-state index is 12.8. The summed E-state index contributed by atoms with van der Waals surface area (Å²) in [6.45, 7) is 6.79. The van der Waals surface area contributed by atoms with Gasteiger partial charge in [-0.2, -0.15) is 0 Å². The van der Waals surface area contributed by atoms with Crippen molar-refractivity contribution in [2.75, 3.05) is 30.8 Å². The Hall–Kier alpha value is -1.24. The zero-order valence-corrected chi connectivity index (χ0v) is 18.5. The molecule has 1 aliphatic heterocycles. The number of carbonyl (C=O) groups excluding carboxylic acids is 1. The molecular weight excluding hydrogens is 370 g/mol. The number of piperidine rings is 1. The lowest BCUT2D eigenvalue weighted by molar-refractivity contribution is -0.129. The van der Waals surface area contributed by atoms with Gasteiger partial charge in [0.25, 0.3) is 0 Å². The van der Waals surface area contributed by atoms with Gasteiger partial charge in [0, 0.05) is 32.2 Å². The van der Waals surface area contributed by atoms with Crippen LogP contribution in [0.2, 0.25) is 0 Å². The maximum absolute atomic E-state index is 12.8. The average molecular weight is 406 g/mol. The van der Waals surface area contributed by atoms with Crippen LogP contribution >= 0.6 is 11.8 Å². The average Bonchev–Trinajstić information content (AvgIpc) is 3.46. The highest BCUT2D eigenvalue weighted by Crippen LogP contribution is 2.41. The van der Waals surface area contributed by atoms with Crippen molar-refractivity contribution in [2.24, 2.45) is 11.8 Å². The van der Waals surface area contributed by atoms with E-state index in [1.165, 1.54) is 38.5 Å². The van der Waals surface area contributed by atoms with Crippen LogP contribution in [0.15, 0.2) is 5.16 Å². The molecule has 7 heteroatoms. The molecule has 156 valence electrons. The summed E-state index contributed by atoms with van der Waals surface area (Å²) in [7, 11) is 1.98. The van der Waals surface area contributed by atoms with E-state index in [1.807, 2.05) is 11.9 Å². The van der Waals surface area contributed by atoms with Gasteiger partial charge >= 0.3 is 0 Å². The van der Waals surface area contributed by atoms with E-state index in [0.717, 1.165) is 48.9 Å². The lowest BCUT2D eigenvalue weighted by Crippen LogP contribution is -2.40. The number of carbonyl (C=O) groups is 1. The van der Waals surface area contributed by atoms with Crippen LogP contribution in [0.1, 0.15) is 71.3 Å². The summed E-state index contributed by atoms with van der Waals surface area (Å²) in [6, 6.07) is 0.941. The summed E-state index contributed by atoms with van der Waals surface area (Å²) in [5.74, 6) is 3.33. The first-order chi connectivity index (χ1) is 13.5. The van der Waals surface area contributed by atoms with E-state index in [4.69, 9.17) is 0 Å². The second-order valence-corrected chi connectivity index (χ2v) is 10.2. The first-order valence-electron chi connectivity index (χ1n) is 11.1. The van der Waals surface area contributed by atoms with Gasteiger partial charge in [-0.25, -0.2) is 0 Å². The molecule has 0 radical (unpaired) electrons. The quantitative estimate of drug-likeness (QED) is 0.670. The minimum atomic E-state index is 0.225. The van der Waals surface area contributed by atoms with Crippen LogP contribution in [0.5, 0.6) is 0 Å². The normalized spacial score (nSPS) is 26.5. The molecule has 2 heterocycles. The summed E-state index contributed by atoms with van der Waals surface area (Å²) in [5.41, 5.74) is 0. The molecule has 0 bridgehead atoms. The van der Waals surface area contributed by atoms with Gasteiger partial charge in [0.05, 0.1) is 5.75 Å². The van der Waals surface area contributed by atoms with E-state index < -0.39 is 0 Å². The zero-order chi connectivity index (χ0) is 19.7. The van der Waals surface area contributed by atoms with Gasteiger partial charge in [0.15, 0.2) is 5.16 Å². The van der Waals surface area contributed by atoms with Crippen LogP contribution in [-0.4, -0.2) is 57.5 Å². The van der Waals surface area contributed by atoms with Crippen LogP contribution in [-0.2, 0) is 4.79 Å². The molecule has 3 fully saturated rings. The van der Waals surface area contributed by atoms with Crippen molar-refractivity contribution in [3.63, 3.8) is 0 Å². The van der Waals surface area contributed by atoms with Crippen molar-refractivity contribution in [3.05, 3.63) is 0 Å². The summed E-state index contributed by atoms with van der Waals surface area (Å²) < 4.78 is 2.32. The standard InChI is InChI=1S/C21H35N5OS/c1-15-4-6-17(7-5-15)24(3)19(27)14-28-21-23-22-20(26(21)18-8-9-18)25-12-10-16(2)11-13-25/h15-18H,4-14H2,1-3H3. The lowest BCUT2D eigenvalue weighted by Gasteiger charge is -2.33. The fourth-order valence-corrected chi connectivity index (χ4v) is 5.43. The molecule has 0 unspecified atom stereocenters. The molecule has 1 aromatic heterocycles. The van der Waals surface area contributed by atoms with Crippen LogP contribution in [0.3, 0.4) is 0 Å². The molecule has 1 amide bonds. The number of rotatable bonds is 6. The molecule has 0 spiro atoms.